The Kier molecular flexibility index (Phi) is 4.69. The van der Waals surface area contributed by atoms with Crippen molar-refractivity contribution in [1.29, 1.82) is 0 Å². The number of hydrogen-bond acceptors (Lipinski definition) is 4. The molecule has 0 bridgehead atoms. The second-order valence-electron chi connectivity index (χ2n) is 3.50. The van der Waals surface area contributed by atoms with E-state index in [9.17, 15) is 4.79 Å². The van der Waals surface area contributed by atoms with Crippen molar-refractivity contribution in [2.24, 2.45) is 0 Å². The van der Waals surface area contributed by atoms with E-state index in [2.05, 4.69) is 4.98 Å². The number of ether oxygens (including phenoxy) is 1. The van der Waals surface area contributed by atoms with Crippen LogP contribution in [-0.4, -0.2) is 17.2 Å². The Bertz CT molecular complexity index is 619. The van der Waals surface area contributed by atoms with Gasteiger partial charge in [0.25, 0.3) is 0 Å². The SMILES string of the molecule is CSc1ncccc1C(=O)Oc1cccc(Cl)c1Cl. The molecular weight excluding hydrogens is 305 g/mol. The molecule has 1 aromatic heterocycles. The zero-order valence-corrected chi connectivity index (χ0v) is 12.2. The highest BCUT2D eigenvalue weighted by atomic mass is 35.5. The van der Waals surface area contributed by atoms with E-state index in [1.807, 2.05) is 6.26 Å². The van der Waals surface area contributed by atoms with Crippen molar-refractivity contribution < 1.29 is 9.53 Å². The van der Waals surface area contributed by atoms with Gasteiger partial charge in [0, 0.05) is 6.20 Å². The van der Waals surface area contributed by atoms with Gasteiger partial charge in [-0.2, -0.15) is 0 Å². The number of carbonyl (C=O) groups is 1. The number of nitrogens with zero attached hydrogens (tertiary/aromatic N) is 1. The number of halogens is 2. The molecule has 0 atom stereocenters. The summed E-state index contributed by atoms with van der Waals surface area (Å²) in [6, 6.07) is 8.20. The first-order valence-corrected chi connectivity index (χ1v) is 7.26. The smallest absolute Gasteiger partial charge is 0.346 e. The number of hydrogen-bond donors (Lipinski definition) is 0. The molecule has 0 amide bonds. The molecule has 2 aromatic rings. The van der Waals surface area contributed by atoms with E-state index < -0.39 is 5.97 Å². The minimum atomic E-state index is -0.512. The van der Waals surface area contributed by atoms with Gasteiger partial charge in [-0.15, -0.1) is 11.8 Å². The first-order valence-electron chi connectivity index (χ1n) is 5.28. The van der Waals surface area contributed by atoms with Gasteiger partial charge >= 0.3 is 5.97 Å². The average molecular weight is 314 g/mol. The van der Waals surface area contributed by atoms with E-state index in [1.54, 1.807) is 36.5 Å². The molecule has 0 spiro atoms. The van der Waals surface area contributed by atoms with Crippen LogP contribution in [0.5, 0.6) is 5.75 Å². The molecule has 0 unspecified atom stereocenters. The van der Waals surface area contributed by atoms with Gasteiger partial charge in [0.15, 0.2) is 5.75 Å². The fourth-order valence-corrected chi connectivity index (χ4v) is 2.29. The topological polar surface area (TPSA) is 39.2 Å². The number of aromatic nitrogens is 1. The van der Waals surface area contributed by atoms with Gasteiger partial charge in [0.05, 0.1) is 10.6 Å². The monoisotopic (exact) mass is 313 g/mol. The van der Waals surface area contributed by atoms with Gasteiger partial charge in [-0.1, -0.05) is 29.3 Å². The third-order valence-corrected chi connectivity index (χ3v) is 3.82. The van der Waals surface area contributed by atoms with E-state index >= 15 is 0 Å². The lowest BCUT2D eigenvalue weighted by Crippen LogP contribution is -2.10. The zero-order valence-electron chi connectivity index (χ0n) is 9.89. The van der Waals surface area contributed by atoms with Gasteiger partial charge in [-0.05, 0) is 30.5 Å². The van der Waals surface area contributed by atoms with Crippen LogP contribution in [0.1, 0.15) is 10.4 Å². The number of carbonyl (C=O) groups excluding carboxylic acids is 1. The molecule has 0 radical (unpaired) electrons. The summed E-state index contributed by atoms with van der Waals surface area (Å²) in [7, 11) is 0. The lowest BCUT2D eigenvalue weighted by Gasteiger charge is -2.08. The molecule has 0 aliphatic heterocycles. The van der Waals surface area contributed by atoms with Crippen molar-refractivity contribution in [3.63, 3.8) is 0 Å². The summed E-state index contributed by atoms with van der Waals surface area (Å²) < 4.78 is 5.25. The Morgan fingerprint density at radius 3 is 2.79 bits per heavy atom. The maximum atomic E-state index is 12.1. The third kappa shape index (κ3) is 3.21. The molecule has 19 heavy (non-hydrogen) atoms. The predicted octanol–water partition coefficient (Wildman–Crippen LogP) is 4.33. The Morgan fingerprint density at radius 2 is 2.05 bits per heavy atom. The summed E-state index contributed by atoms with van der Waals surface area (Å²) in [5.74, 6) is -0.281. The number of rotatable bonds is 3. The summed E-state index contributed by atoms with van der Waals surface area (Å²) in [4.78, 5) is 16.2. The second-order valence-corrected chi connectivity index (χ2v) is 5.08. The second kappa shape index (κ2) is 6.28. The third-order valence-electron chi connectivity index (χ3n) is 2.30. The average Bonchev–Trinajstić information content (AvgIpc) is 2.43. The summed E-state index contributed by atoms with van der Waals surface area (Å²) in [5, 5.41) is 1.15. The lowest BCUT2D eigenvalue weighted by atomic mass is 10.3. The van der Waals surface area contributed by atoms with E-state index in [-0.39, 0.29) is 10.8 Å². The van der Waals surface area contributed by atoms with Gasteiger partial charge in [-0.3, -0.25) is 0 Å². The minimum absolute atomic E-state index is 0.215. The van der Waals surface area contributed by atoms with E-state index in [4.69, 9.17) is 27.9 Å². The molecule has 98 valence electrons. The van der Waals surface area contributed by atoms with Gasteiger partial charge in [0.1, 0.15) is 10.0 Å². The number of benzene rings is 1. The quantitative estimate of drug-likeness (QED) is 0.480. The van der Waals surface area contributed by atoms with Crippen LogP contribution < -0.4 is 4.74 Å². The molecule has 0 saturated carbocycles. The van der Waals surface area contributed by atoms with Crippen molar-refractivity contribution in [3.8, 4) is 5.75 Å². The van der Waals surface area contributed by atoms with Crippen LogP contribution >= 0.6 is 35.0 Å². The van der Waals surface area contributed by atoms with Crippen LogP contribution in [0.15, 0.2) is 41.6 Å². The van der Waals surface area contributed by atoms with E-state index in [0.717, 1.165) is 0 Å². The Morgan fingerprint density at radius 1 is 1.26 bits per heavy atom. The number of thioether (sulfide) groups is 1. The van der Waals surface area contributed by atoms with Crippen LogP contribution in [-0.2, 0) is 0 Å². The molecule has 0 aliphatic carbocycles. The predicted molar refractivity (Wildman–Crippen MR) is 77.4 cm³/mol. The summed E-state index contributed by atoms with van der Waals surface area (Å²) >= 11 is 13.2. The summed E-state index contributed by atoms with van der Waals surface area (Å²) in [6.45, 7) is 0. The highest BCUT2D eigenvalue weighted by Crippen LogP contribution is 2.32. The van der Waals surface area contributed by atoms with Crippen molar-refractivity contribution in [3.05, 3.63) is 52.1 Å². The summed E-state index contributed by atoms with van der Waals surface area (Å²) in [6.07, 6.45) is 3.46. The zero-order chi connectivity index (χ0) is 13.8. The largest absolute Gasteiger partial charge is 0.421 e. The van der Waals surface area contributed by atoms with Gasteiger partial charge < -0.3 is 4.74 Å². The molecule has 3 nitrogen and oxygen atoms in total. The molecule has 0 N–H and O–H groups in total. The molecule has 0 fully saturated rings. The minimum Gasteiger partial charge on any atom is -0.421 e. The molecule has 0 saturated heterocycles. The molecule has 0 aliphatic rings. The van der Waals surface area contributed by atoms with Gasteiger partial charge in [0.2, 0.25) is 0 Å². The molecular formula is C13H9Cl2NO2S. The molecule has 1 aromatic carbocycles. The van der Waals surface area contributed by atoms with Crippen LogP contribution in [0.4, 0.5) is 0 Å². The first kappa shape index (κ1) is 14.2. The standard InChI is InChI=1S/C13H9Cl2NO2S/c1-19-12-8(4-3-7-16-12)13(17)18-10-6-2-5-9(14)11(10)15/h2-7H,1H3. The van der Waals surface area contributed by atoms with Crippen molar-refractivity contribution in [2.45, 2.75) is 5.03 Å². The van der Waals surface area contributed by atoms with Crippen molar-refractivity contribution >= 4 is 40.9 Å². The number of esters is 1. The highest BCUT2D eigenvalue weighted by Gasteiger charge is 2.16. The maximum absolute atomic E-state index is 12.1. The maximum Gasteiger partial charge on any atom is 0.346 e. The first-order chi connectivity index (χ1) is 9.13. The van der Waals surface area contributed by atoms with E-state index in [1.165, 1.54) is 11.8 Å². The fourth-order valence-electron chi connectivity index (χ4n) is 1.43. The Hall–Kier alpha value is -1.23. The Labute approximate surface area is 124 Å². The normalized spacial score (nSPS) is 10.3. The molecule has 6 heteroatoms. The van der Waals surface area contributed by atoms with Crippen LogP contribution in [0.2, 0.25) is 10.0 Å². The lowest BCUT2D eigenvalue weighted by molar-refractivity contribution is 0.0730. The molecule has 1 heterocycles. The Balaban J connectivity index is 2.28. The van der Waals surface area contributed by atoms with Crippen LogP contribution in [0.25, 0.3) is 0 Å². The summed E-state index contributed by atoms with van der Waals surface area (Å²) in [5.41, 5.74) is 0.394. The van der Waals surface area contributed by atoms with Crippen LogP contribution in [0, 0.1) is 0 Å². The van der Waals surface area contributed by atoms with Crippen molar-refractivity contribution in [1.82, 2.24) is 4.98 Å². The number of pyridine rings is 1. The van der Waals surface area contributed by atoms with E-state index in [0.29, 0.717) is 15.6 Å². The molecule has 2 rings (SSSR count). The highest BCUT2D eigenvalue weighted by molar-refractivity contribution is 7.98. The van der Waals surface area contributed by atoms with Crippen LogP contribution in [0.3, 0.4) is 0 Å². The van der Waals surface area contributed by atoms with Gasteiger partial charge in [-0.25, -0.2) is 9.78 Å². The fraction of sp³-hybridized carbons (Fsp3) is 0.0769. The van der Waals surface area contributed by atoms with Crippen molar-refractivity contribution in [2.75, 3.05) is 6.26 Å².